The third-order valence-electron chi connectivity index (χ3n) is 1.49. The molecule has 1 rings (SSSR count). The first kappa shape index (κ1) is 11.2. The average molecular weight is 236 g/mol. The molecular formula is C7H10ClN3O2S. The van der Waals surface area contributed by atoms with Gasteiger partial charge >= 0.3 is 0 Å². The van der Waals surface area contributed by atoms with Crippen molar-refractivity contribution in [1.29, 1.82) is 0 Å². The van der Waals surface area contributed by atoms with Crippen LogP contribution < -0.4 is 4.72 Å². The Balaban J connectivity index is 2.85. The van der Waals surface area contributed by atoms with Gasteiger partial charge in [0.05, 0.1) is 17.6 Å². The topological polar surface area (TPSA) is 72.0 Å². The number of aromatic nitrogens is 2. The van der Waals surface area contributed by atoms with Crippen LogP contribution in [0.15, 0.2) is 12.4 Å². The molecule has 78 valence electrons. The number of rotatable bonds is 3. The van der Waals surface area contributed by atoms with Gasteiger partial charge in [0.2, 0.25) is 10.0 Å². The monoisotopic (exact) mass is 235 g/mol. The SMILES string of the molecule is CC(C)S(=O)(=O)Nc1cnc(Cl)cn1. The molecule has 0 spiro atoms. The van der Waals surface area contributed by atoms with Crippen LogP contribution in [0.5, 0.6) is 0 Å². The van der Waals surface area contributed by atoms with Crippen LogP contribution >= 0.6 is 11.6 Å². The zero-order valence-corrected chi connectivity index (χ0v) is 9.30. The van der Waals surface area contributed by atoms with Gasteiger partial charge in [0.25, 0.3) is 0 Å². The van der Waals surface area contributed by atoms with E-state index >= 15 is 0 Å². The van der Waals surface area contributed by atoms with Crippen LogP contribution in [-0.4, -0.2) is 23.6 Å². The summed E-state index contributed by atoms with van der Waals surface area (Å²) in [4.78, 5) is 7.46. The van der Waals surface area contributed by atoms with Crippen molar-refractivity contribution < 1.29 is 8.42 Å². The van der Waals surface area contributed by atoms with Gasteiger partial charge in [-0.3, -0.25) is 4.72 Å². The number of halogens is 1. The minimum absolute atomic E-state index is 0.170. The van der Waals surface area contributed by atoms with Crippen molar-refractivity contribution in [3.05, 3.63) is 17.5 Å². The molecule has 0 aliphatic carbocycles. The highest BCUT2D eigenvalue weighted by atomic mass is 35.5. The number of nitrogens with one attached hydrogen (secondary N) is 1. The summed E-state index contributed by atoms with van der Waals surface area (Å²) in [7, 11) is -3.36. The minimum atomic E-state index is -3.36. The van der Waals surface area contributed by atoms with E-state index in [4.69, 9.17) is 11.6 Å². The summed E-state index contributed by atoms with van der Waals surface area (Å²) in [6.45, 7) is 3.15. The molecule has 0 bridgehead atoms. The van der Waals surface area contributed by atoms with Crippen molar-refractivity contribution in [2.75, 3.05) is 4.72 Å². The Hall–Kier alpha value is -0.880. The number of hydrogen-bond acceptors (Lipinski definition) is 4. The highest BCUT2D eigenvalue weighted by Crippen LogP contribution is 2.09. The van der Waals surface area contributed by atoms with Crippen LogP contribution in [0.25, 0.3) is 0 Å². The van der Waals surface area contributed by atoms with Crippen LogP contribution in [0, 0.1) is 0 Å². The number of sulfonamides is 1. The number of anilines is 1. The Labute approximate surface area is 87.6 Å². The Morgan fingerprint density at radius 1 is 1.36 bits per heavy atom. The van der Waals surface area contributed by atoms with Gasteiger partial charge in [-0.1, -0.05) is 11.6 Å². The first-order valence-electron chi connectivity index (χ1n) is 3.91. The molecule has 5 nitrogen and oxygen atoms in total. The average Bonchev–Trinajstić information content (AvgIpc) is 2.08. The Morgan fingerprint density at radius 3 is 2.43 bits per heavy atom. The Kier molecular flexibility index (Phi) is 3.28. The van der Waals surface area contributed by atoms with E-state index < -0.39 is 15.3 Å². The predicted molar refractivity (Wildman–Crippen MR) is 54.7 cm³/mol. The molecule has 0 aliphatic heterocycles. The van der Waals surface area contributed by atoms with E-state index in [0.717, 1.165) is 0 Å². The molecule has 1 N–H and O–H groups in total. The molecule has 0 aromatic carbocycles. The third-order valence-corrected chi connectivity index (χ3v) is 3.42. The van der Waals surface area contributed by atoms with Crippen LogP contribution in [0.3, 0.4) is 0 Å². The van der Waals surface area contributed by atoms with Crippen molar-refractivity contribution in [3.8, 4) is 0 Å². The van der Waals surface area contributed by atoms with E-state index in [-0.39, 0.29) is 11.0 Å². The van der Waals surface area contributed by atoms with E-state index in [1.165, 1.54) is 12.4 Å². The molecule has 1 aromatic heterocycles. The lowest BCUT2D eigenvalue weighted by Gasteiger charge is -2.08. The van der Waals surface area contributed by atoms with Crippen molar-refractivity contribution in [3.63, 3.8) is 0 Å². The molecule has 0 unspecified atom stereocenters. The molecule has 1 heterocycles. The molecule has 0 amide bonds. The van der Waals surface area contributed by atoms with Crippen molar-refractivity contribution in [1.82, 2.24) is 9.97 Å². The van der Waals surface area contributed by atoms with Gasteiger partial charge in [0.15, 0.2) is 5.82 Å². The third kappa shape index (κ3) is 2.81. The summed E-state index contributed by atoms with van der Waals surface area (Å²) < 4.78 is 25.0. The fourth-order valence-electron chi connectivity index (χ4n) is 0.629. The highest BCUT2D eigenvalue weighted by Gasteiger charge is 2.15. The van der Waals surface area contributed by atoms with Gasteiger partial charge in [-0.2, -0.15) is 0 Å². The van der Waals surface area contributed by atoms with Crippen LogP contribution in [-0.2, 0) is 10.0 Å². The summed E-state index contributed by atoms with van der Waals surface area (Å²) in [6.07, 6.45) is 2.54. The standard InChI is InChI=1S/C7H10ClN3O2S/c1-5(2)14(12,13)11-7-4-9-6(8)3-10-7/h3-5H,1-2H3,(H,10,11). The molecule has 1 aromatic rings. The summed E-state index contributed by atoms with van der Waals surface area (Å²) >= 11 is 5.49. The van der Waals surface area contributed by atoms with Crippen molar-refractivity contribution in [2.24, 2.45) is 0 Å². The van der Waals surface area contributed by atoms with Gasteiger partial charge in [0.1, 0.15) is 5.15 Å². The second-order valence-electron chi connectivity index (χ2n) is 2.92. The summed E-state index contributed by atoms with van der Waals surface area (Å²) in [5.41, 5.74) is 0. The molecule has 0 radical (unpaired) electrons. The van der Waals surface area contributed by atoms with Gasteiger partial charge in [-0.15, -0.1) is 0 Å². The van der Waals surface area contributed by atoms with E-state index in [2.05, 4.69) is 14.7 Å². The zero-order chi connectivity index (χ0) is 10.8. The van der Waals surface area contributed by atoms with Gasteiger partial charge in [0, 0.05) is 0 Å². The minimum Gasteiger partial charge on any atom is -0.266 e. The Bertz CT molecular complexity index is 401. The Morgan fingerprint density at radius 2 is 2.00 bits per heavy atom. The molecule has 0 fully saturated rings. The summed E-state index contributed by atoms with van der Waals surface area (Å²) in [5, 5.41) is -0.294. The number of hydrogen-bond donors (Lipinski definition) is 1. The van der Waals surface area contributed by atoms with Crippen molar-refractivity contribution >= 4 is 27.4 Å². The summed E-state index contributed by atoms with van der Waals surface area (Å²) in [6, 6.07) is 0. The van der Waals surface area contributed by atoms with E-state index in [1.54, 1.807) is 13.8 Å². The highest BCUT2D eigenvalue weighted by molar-refractivity contribution is 7.93. The van der Waals surface area contributed by atoms with Crippen LogP contribution in [0.4, 0.5) is 5.82 Å². The predicted octanol–water partition coefficient (Wildman–Crippen LogP) is 1.28. The van der Waals surface area contributed by atoms with E-state index in [1.807, 2.05) is 0 Å². The fourth-order valence-corrected chi connectivity index (χ4v) is 1.36. The first-order chi connectivity index (χ1) is 6.42. The normalized spacial score (nSPS) is 11.7. The smallest absolute Gasteiger partial charge is 0.236 e. The lowest BCUT2D eigenvalue weighted by molar-refractivity contribution is 0.592. The molecule has 7 heteroatoms. The quantitative estimate of drug-likeness (QED) is 0.857. The second-order valence-corrected chi connectivity index (χ2v) is 5.54. The maximum absolute atomic E-state index is 11.4. The van der Waals surface area contributed by atoms with E-state index in [0.29, 0.717) is 0 Å². The van der Waals surface area contributed by atoms with Gasteiger partial charge < -0.3 is 0 Å². The van der Waals surface area contributed by atoms with Crippen LogP contribution in [0.1, 0.15) is 13.8 Å². The molecule has 0 aliphatic rings. The zero-order valence-electron chi connectivity index (χ0n) is 7.73. The lowest BCUT2D eigenvalue weighted by Crippen LogP contribution is -2.23. The second kappa shape index (κ2) is 4.10. The van der Waals surface area contributed by atoms with Crippen LogP contribution in [0.2, 0.25) is 5.15 Å². The van der Waals surface area contributed by atoms with Gasteiger partial charge in [-0.05, 0) is 13.8 Å². The molecule has 14 heavy (non-hydrogen) atoms. The molecule has 0 saturated heterocycles. The molecule has 0 saturated carbocycles. The lowest BCUT2D eigenvalue weighted by atomic mass is 10.6. The maximum Gasteiger partial charge on any atom is 0.236 e. The number of nitrogens with zero attached hydrogens (tertiary/aromatic N) is 2. The molecule has 0 atom stereocenters. The molecular weight excluding hydrogens is 226 g/mol. The first-order valence-corrected chi connectivity index (χ1v) is 5.83. The maximum atomic E-state index is 11.4. The summed E-state index contributed by atoms with van der Waals surface area (Å²) in [5.74, 6) is 0.170. The largest absolute Gasteiger partial charge is 0.266 e. The van der Waals surface area contributed by atoms with E-state index in [9.17, 15) is 8.42 Å². The van der Waals surface area contributed by atoms with Gasteiger partial charge in [-0.25, -0.2) is 18.4 Å². The van der Waals surface area contributed by atoms with Crippen molar-refractivity contribution in [2.45, 2.75) is 19.1 Å². The fraction of sp³-hybridized carbons (Fsp3) is 0.429.